The molecule has 0 spiro atoms. The molecule has 0 radical (unpaired) electrons. The Balaban J connectivity index is 3.09. The molecular formula is C13H24NO5S-. The minimum atomic E-state index is -2.34. The van der Waals surface area contributed by atoms with Crippen molar-refractivity contribution >= 4 is 17.2 Å². The van der Waals surface area contributed by atoms with E-state index in [4.69, 9.17) is 9.47 Å². The SMILES string of the molecule is CC(C)(C)OC(=O)N1[C@@H](C(C)(C)S(=O)[O-])COC1(C)C. The second kappa shape index (κ2) is 5.27. The van der Waals surface area contributed by atoms with Crippen LogP contribution in [0, 0.1) is 0 Å². The molecule has 1 aliphatic rings. The van der Waals surface area contributed by atoms with Crippen molar-refractivity contribution in [1.82, 2.24) is 4.90 Å². The molecule has 0 aromatic rings. The topological polar surface area (TPSA) is 78.9 Å². The second-order valence-electron chi connectivity index (χ2n) is 6.96. The fourth-order valence-electron chi connectivity index (χ4n) is 2.08. The Morgan fingerprint density at radius 3 is 2.25 bits per heavy atom. The van der Waals surface area contributed by atoms with Gasteiger partial charge in [-0.25, -0.2) is 4.79 Å². The van der Waals surface area contributed by atoms with Crippen molar-refractivity contribution in [2.24, 2.45) is 0 Å². The van der Waals surface area contributed by atoms with Crippen molar-refractivity contribution in [3.63, 3.8) is 0 Å². The van der Waals surface area contributed by atoms with Crippen molar-refractivity contribution in [1.29, 1.82) is 0 Å². The summed E-state index contributed by atoms with van der Waals surface area (Å²) in [5, 5.41) is 0. The van der Waals surface area contributed by atoms with E-state index in [1.54, 1.807) is 48.5 Å². The molecule has 1 aliphatic heterocycles. The number of rotatable bonds is 2. The quantitative estimate of drug-likeness (QED) is 0.729. The van der Waals surface area contributed by atoms with E-state index in [0.29, 0.717) is 0 Å². The number of hydrogen-bond acceptors (Lipinski definition) is 5. The van der Waals surface area contributed by atoms with E-state index in [-0.39, 0.29) is 6.61 Å². The van der Waals surface area contributed by atoms with Crippen molar-refractivity contribution in [2.75, 3.05) is 6.61 Å². The van der Waals surface area contributed by atoms with Gasteiger partial charge in [-0.3, -0.25) is 9.11 Å². The Kier molecular flexibility index (Phi) is 4.58. The number of hydrogen-bond donors (Lipinski definition) is 0. The zero-order chi connectivity index (χ0) is 15.9. The molecule has 0 bridgehead atoms. The fraction of sp³-hybridized carbons (Fsp3) is 0.923. The molecule has 1 saturated heterocycles. The first kappa shape index (κ1) is 17.4. The van der Waals surface area contributed by atoms with Crippen molar-refractivity contribution in [3.05, 3.63) is 0 Å². The summed E-state index contributed by atoms with van der Waals surface area (Å²) in [5.74, 6) is 0. The van der Waals surface area contributed by atoms with Gasteiger partial charge < -0.3 is 14.0 Å². The van der Waals surface area contributed by atoms with E-state index in [1.807, 2.05) is 0 Å². The fourth-order valence-corrected chi connectivity index (χ4v) is 2.48. The smallest absolute Gasteiger partial charge is 0.412 e. The van der Waals surface area contributed by atoms with Crippen molar-refractivity contribution in [2.45, 2.75) is 70.6 Å². The predicted octanol–water partition coefficient (Wildman–Crippen LogP) is 2.02. The van der Waals surface area contributed by atoms with Crippen LogP contribution in [0.25, 0.3) is 0 Å². The molecule has 2 atom stereocenters. The Morgan fingerprint density at radius 1 is 1.35 bits per heavy atom. The number of carbonyl (C=O) groups is 1. The van der Waals surface area contributed by atoms with Crippen LogP contribution in [0.1, 0.15) is 48.5 Å². The van der Waals surface area contributed by atoms with E-state index < -0.39 is 39.3 Å². The average Bonchev–Trinajstić information content (AvgIpc) is 2.51. The van der Waals surface area contributed by atoms with Gasteiger partial charge in [-0.05, 0) is 59.5 Å². The van der Waals surface area contributed by atoms with Crippen molar-refractivity contribution < 1.29 is 23.0 Å². The molecule has 1 fully saturated rings. The maximum Gasteiger partial charge on any atom is 0.412 e. The summed E-state index contributed by atoms with van der Waals surface area (Å²) in [6.45, 7) is 12.0. The van der Waals surface area contributed by atoms with Crippen molar-refractivity contribution in [3.8, 4) is 0 Å². The summed E-state index contributed by atoms with van der Waals surface area (Å²) >= 11 is -2.34. The summed E-state index contributed by atoms with van der Waals surface area (Å²) in [6, 6.07) is -0.592. The van der Waals surface area contributed by atoms with E-state index in [2.05, 4.69) is 0 Å². The van der Waals surface area contributed by atoms with E-state index >= 15 is 0 Å². The highest BCUT2D eigenvalue weighted by Gasteiger charge is 2.51. The van der Waals surface area contributed by atoms with Gasteiger partial charge in [-0.2, -0.15) is 0 Å². The van der Waals surface area contributed by atoms with Crippen LogP contribution in [0.2, 0.25) is 0 Å². The van der Waals surface area contributed by atoms with Crippen LogP contribution in [0.15, 0.2) is 0 Å². The zero-order valence-corrected chi connectivity index (χ0v) is 14.0. The van der Waals surface area contributed by atoms with Gasteiger partial charge in [0.15, 0.2) is 0 Å². The maximum absolute atomic E-state index is 12.4. The van der Waals surface area contributed by atoms with Gasteiger partial charge in [0.2, 0.25) is 0 Å². The molecule has 1 rings (SSSR count). The molecule has 7 heteroatoms. The summed E-state index contributed by atoms with van der Waals surface area (Å²) < 4.78 is 32.7. The first-order valence-corrected chi connectivity index (χ1v) is 7.62. The van der Waals surface area contributed by atoms with Crippen LogP contribution >= 0.6 is 0 Å². The van der Waals surface area contributed by atoms with E-state index in [0.717, 1.165) is 0 Å². The van der Waals surface area contributed by atoms with Crippen LogP contribution in [0.3, 0.4) is 0 Å². The third-order valence-corrected chi connectivity index (χ3v) is 4.44. The molecule has 118 valence electrons. The Hall–Kier alpha value is -0.660. The van der Waals surface area contributed by atoms with Gasteiger partial charge >= 0.3 is 6.09 Å². The largest absolute Gasteiger partial charge is 0.772 e. The lowest BCUT2D eigenvalue weighted by Crippen LogP contribution is -2.57. The van der Waals surface area contributed by atoms with Crippen LogP contribution in [-0.4, -0.2) is 48.5 Å². The van der Waals surface area contributed by atoms with E-state index in [9.17, 15) is 13.6 Å². The van der Waals surface area contributed by atoms with Gasteiger partial charge in [-0.15, -0.1) is 0 Å². The average molecular weight is 306 g/mol. The predicted molar refractivity (Wildman–Crippen MR) is 74.9 cm³/mol. The Morgan fingerprint density at radius 2 is 1.85 bits per heavy atom. The Bertz CT molecular complexity index is 413. The lowest BCUT2D eigenvalue weighted by Gasteiger charge is -2.41. The molecule has 6 nitrogen and oxygen atoms in total. The molecule has 1 amide bonds. The highest BCUT2D eigenvalue weighted by atomic mass is 32.2. The first-order valence-electron chi connectivity index (χ1n) is 6.54. The molecule has 0 N–H and O–H groups in total. The van der Waals surface area contributed by atoms with Gasteiger partial charge in [0, 0.05) is 4.75 Å². The zero-order valence-electron chi connectivity index (χ0n) is 13.2. The summed E-state index contributed by atoms with van der Waals surface area (Å²) in [6.07, 6.45) is -0.566. The molecule has 1 heterocycles. The minimum absolute atomic E-state index is 0.160. The van der Waals surface area contributed by atoms with Crippen LogP contribution in [0.5, 0.6) is 0 Å². The lowest BCUT2D eigenvalue weighted by atomic mass is 10.0. The molecule has 20 heavy (non-hydrogen) atoms. The molecule has 0 aromatic carbocycles. The third-order valence-electron chi connectivity index (χ3n) is 3.31. The number of nitrogens with zero attached hydrogens (tertiary/aromatic N) is 1. The summed E-state index contributed by atoms with van der Waals surface area (Å²) in [4.78, 5) is 13.8. The highest BCUT2D eigenvalue weighted by Crippen LogP contribution is 2.36. The van der Waals surface area contributed by atoms with Crippen LogP contribution < -0.4 is 0 Å². The molecule has 0 aliphatic carbocycles. The van der Waals surface area contributed by atoms with Crippen LogP contribution in [-0.2, 0) is 20.6 Å². The summed E-state index contributed by atoms with van der Waals surface area (Å²) in [7, 11) is 0. The van der Waals surface area contributed by atoms with Gasteiger partial charge in [0.25, 0.3) is 0 Å². The highest BCUT2D eigenvalue weighted by molar-refractivity contribution is 7.80. The minimum Gasteiger partial charge on any atom is -0.772 e. The standard InChI is InChI=1S/C13H25NO5S/c1-11(2,3)19-10(15)14-9(8-18-13(14,6)7)12(4,5)20(16)17/h9H,8H2,1-7H3,(H,16,17)/p-1/t9-/m1/s1. The first-order chi connectivity index (χ1) is 8.79. The van der Waals surface area contributed by atoms with Gasteiger partial charge in [-0.1, -0.05) is 0 Å². The van der Waals surface area contributed by atoms with Gasteiger partial charge in [0.05, 0.1) is 12.6 Å². The van der Waals surface area contributed by atoms with E-state index in [1.165, 1.54) is 4.90 Å². The second-order valence-corrected chi connectivity index (χ2v) is 8.48. The molecule has 1 unspecified atom stereocenters. The number of amides is 1. The Labute approximate surface area is 123 Å². The number of ether oxygens (including phenoxy) is 2. The van der Waals surface area contributed by atoms with Gasteiger partial charge in [0.1, 0.15) is 11.3 Å². The lowest BCUT2D eigenvalue weighted by molar-refractivity contribution is -0.0634. The molecule has 0 aromatic heterocycles. The summed E-state index contributed by atoms with van der Waals surface area (Å²) in [5.41, 5.74) is -1.55. The maximum atomic E-state index is 12.4. The van der Waals surface area contributed by atoms with Crippen LogP contribution in [0.4, 0.5) is 4.79 Å². The third kappa shape index (κ3) is 3.51. The number of carbonyl (C=O) groups excluding carboxylic acids is 1. The monoisotopic (exact) mass is 306 g/mol. The molecular weight excluding hydrogens is 282 g/mol. The molecule has 0 saturated carbocycles. The normalized spacial score (nSPS) is 24.6.